The van der Waals surface area contributed by atoms with Gasteiger partial charge in [0, 0.05) is 11.0 Å². The van der Waals surface area contributed by atoms with E-state index in [0.717, 1.165) is 69.9 Å². The number of benzene rings is 3. The zero-order chi connectivity index (χ0) is 27.1. The van der Waals surface area contributed by atoms with E-state index in [1.54, 1.807) is 26.0 Å². The molecule has 0 amide bonds. The quantitative estimate of drug-likeness (QED) is 0.329. The summed E-state index contributed by atoms with van der Waals surface area (Å²) in [5.74, 6) is 3.30. The maximum absolute atomic E-state index is 5.92. The molecule has 0 N–H and O–H groups in total. The molecule has 0 aromatic heterocycles. The minimum atomic E-state index is 0.0300. The number of methoxy groups -OCH3 is 2. The topological polar surface area (TPSA) is 52.5 Å². The van der Waals surface area contributed by atoms with Gasteiger partial charge < -0.3 is 23.8 Å². The van der Waals surface area contributed by atoms with E-state index in [1.165, 1.54) is 16.7 Å². The van der Waals surface area contributed by atoms with Gasteiger partial charge in [0.15, 0.2) is 16.7 Å². The van der Waals surface area contributed by atoms with Gasteiger partial charge in [0.25, 0.3) is 0 Å². The minimum Gasteiger partial charge on any atom is -0.497 e. The van der Waals surface area contributed by atoms with E-state index < -0.39 is 0 Å². The molecule has 3 aromatic rings. The van der Waals surface area contributed by atoms with Crippen molar-refractivity contribution in [3.63, 3.8) is 0 Å². The predicted octanol–water partition coefficient (Wildman–Crippen LogP) is 7.45. The van der Waals surface area contributed by atoms with Gasteiger partial charge in [-0.3, -0.25) is 0 Å². The van der Waals surface area contributed by atoms with Crippen LogP contribution in [0.25, 0.3) is 11.8 Å². The van der Waals surface area contributed by atoms with Crippen molar-refractivity contribution in [2.24, 2.45) is 4.99 Å². The molecule has 6 nitrogen and oxygen atoms in total. The molecule has 7 heteroatoms. The van der Waals surface area contributed by atoms with Crippen LogP contribution in [-0.4, -0.2) is 37.5 Å². The van der Waals surface area contributed by atoms with E-state index in [4.69, 9.17) is 23.9 Å². The summed E-state index contributed by atoms with van der Waals surface area (Å²) in [6.45, 7) is 1.14. The van der Waals surface area contributed by atoms with Crippen LogP contribution >= 0.6 is 11.8 Å². The Morgan fingerprint density at radius 2 is 1.60 bits per heavy atom. The first kappa shape index (κ1) is 24.9. The summed E-state index contributed by atoms with van der Waals surface area (Å²) in [5, 5.41) is 3.21. The van der Waals surface area contributed by atoms with Gasteiger partial charge in [0.1, 0.15) is 24.7 Å². The highest BCUT2D eigenvalue weighted by atomic mass is 32.2. The van der Waals surface area contributed by atoms with Crippen LogP contribution in [0, 0.1) is 0 Å². The second kappa shape index (κ2) is 10.5. The van der Waals surface area contributed by atoms with Crippen molar-refractivity contribution < 1.29 is 18.9 Å². The average Bonchev–Trinajstić information content (AvgIpc) is 3.44. The Labute approximate surface area is 238 Å². The number of amidine groups is 1. The smallest absolute Gasteiger partial charge is 0.174 e. The fourth-order valence-electron chi connectivity index (χ4n) is 5.82. The van der Waals surface area contributed by atoms with Crippen molar-refractivity contribution in [3.05, 3.63) is 106 Å². The largest absolute Gasteiger partial charge is 0.497 e. The van der Waals surface area contributed by atoms with Gasteiger partial charge >= 0.3 is 0 Å². The molecule has 3 aliphatic heterocycles. The molecule has 1 atom stereocenters. The summed E-state index contributed by atoms with van der Waals surface area (Å²) in [6, 6.07) is 23.0. The van der Waals surface area contributed by atoms with E-state index >= 15 is 0 Å². The van der Waals surface area contributed by atoms with Gasteiger partial charge in [0.2, 0.25) is 0 Å². The standard InChI is InChI=1S/C33H30N2O4S/c1-36-25-11-6-21(7-12-25)18-24-4-3-5-27-31(24)34-33-35(32(27)22-8-13-26(37-2)14-9-22)28(20-40-33)23-10-15-29-30(19-23)39-17-16-38-29/h6-15,18-20,32H,3-5,16-17H2,1-2H3/b24-18+/t32-/m0/s1. The Morgan fingerprint density at radius 3 is 2.35 bits per heavy atom. The van der Waals surface area contributed by atoms with Crippen LogP contribution < -0.4 is 18.9 Å². The van der Waals surface area contributed by atoms with Crippen LogP contribution in [-0.2, 0) is 0 Å². The average molecular weight is 551 g/mol. The molecule has 40 heavy (non-hydrogen) atoms. The van der Waals surface area contributed by atoms with Gasteiger partial charge in [-0.05, 0) is 90.1 Å². The number of nitrogens with zero attached hydrogens (tertiary/aromatic N) is 2. The fourth-order valence-corrected chi connectivity index (χ4v) is 6.74. The second-order valence-electron chi connectivity index (χ2n) is 10.1. The summed E-state index contributed by atoms with van der Waals surface area (Å²) in [6.07, 6.45) is 5.37. The van der Waals surface area contributed by atoms with Gasteiger partial charge in [0.05, 0.1) is 31.7 Å². The molecule has 0 saturated carbocycles. The molecule has 4 aliphatic rings. The lowest BCUT2D eigenvalue weighted by Gasteiger charge is -2.40. The van der Waals surface area contributed by atoms with E-state index in [2.05, 4.69) is 64.9 Å². The number of hydrogen-bond acceptors (Lipinski definition) is 7. The molecule has 1 aliphatic carbocycles. The Hall–Kier alpha value is -4.10. The highest BCUT2D eigenvalue weighted by Crippen LogP contribution is 2.51. The zero-order valence-corrected chi connectivity index (χ0v) is 23.4. The second-order valence-corrected chi connectivity index (χ2v) is 10.9. The van der Waals surface area contributed by atoms with Gasteiger partial charge in [-0.2, -0.15) is 0 Å². The third-order valence-corrected chi connectivity index (χ3v) is 8.60. The van der Waals surface area contributed by atoms with Crippen LogP contribution in [0.4, 0.5) is 0 Å². The maximum atomic E-state index is 5.92. The Bertz CT molecular complexity index is 1570. The molecule has 7 rings (SSSR count). The first-order valence-corrected chi connectivity index (χ1v) is 14.5. The van der Waals surface area contributed by atoms with E-state index in [1.807, 2.05) is 18.2 Å². The van der Waals surface area contributed by atoms with Crippen LogP contribution in [0.3, 0.4) is 0 Å². The number of fused-ring (bicyclic) bond motifs is 2. The van der Waals surface area contributed by atoms with E-state index in [-0.39, 0.29) is 6.04 Å². The summed E-state index contributed by atoms with van der Waals surface area (Å²) in [5.41, 5.74) is 8.35. The molecule has 0 saturated heterocycles. The zero-order valence-electron chi connectivity index (χ0n) is 22.6. The lowest BCUT2D eigenvalue weighted by Crippen LogP contribution is -2.34. The third kappa shape index (κ3) is 4.44. The van der Waals surface area contributed by atoms with Crippen molar-refractivity contribution >= 4 is 28.7 Å². The number of thioether (sulfide) groups is 1. The fraction of sp³-hybridized carbons (Fsp3) is 0.242. The monoisotopic (exact) mass is 550 g/mol. The SMILES string of the molecule is COc1ccc(/C=C2\CCCC3=C2N=C2SC=C(c4ccc5c(c4)OCCO5)N2[C@H]3c2ccc(OC)cc2)cc1. The van der Waals surface area contributed by atoms with Crippen molar-refractivity contribution in [2.45, 2.75) is 25.3 Å². The van der Waals surface area contributed by atoms with Crippen molar-refractivity contribution in [3.8, 4) is 23.0 Å². The number of rotatable bonds is 5. The molecule has 0 fully saturated rings. The third-order valence-electron chi connectivity index (χ3n) is 7.76. The molecular weight excluding hydrogens is 520 g/mol. The van der Waals surface area contributed by atoms with Crippen LogP contribution in [0.5, 0.6) is 23.0 Å². The number of aliphatic imine (C=N–C) groups is 1. The van der Waals surface area contributed by atoms with Gasteiger partial charge in [-0.1, -0.05) is 36.0 Å². The Balaban J connectivity index is 1.32. The van der Waals surface area contributed by atoms with Gasteiger partial charge in [-0.25, -0.2) is 4.99 Å². The van der Waals surface area contributed by atoms with Crippen molar-refractivity contribution in [1.82, 2.24) is 4.90 Å². The summed E-state index contributed by atoms with van der Waals surface area (Å²) >= 11 is 1.68. The molecule has 202 valence electrons. The number of ether oxygens (including phenoxy) is 4. The van der Waals surface area contributed by atoms with Crippen LogP contribution in [0.15, 0.2) is 94.0 Å². The normalized spacial score (nSPS) is 20.5. The summed E-state index contributed by atoms with van der Waals surface area (Å²) < 4.78 is 22.5. The van der Waals surface area contributed by atoms with Crippen molar-refractivity contribution in [2.75, 3.05) is 27.4 Å². The molecule has 0 unspecified atom stereocenters. The van der Waals surface area contributed by atoms with E-state index in [0.29, 0.717) is 13.2 Å². The van der Waals surface area contributed by atoms with Crippen LogP contribution in [0.1, 0.15) is 42.0 Å². The number of allylic oxidation sites excluding steroid dienone is 1. The first-order valence-electron chi connectivity index (χ1n) is 13.6. The molecular formula is C33H30N2O4S. The highest BCUT2D eigenvalue weighted by Gasteiger charge is 2.40. The first-order chi connectivity index (χ1) is 19.7. The molecule has 3 aromatic carbocycles. The lowest BCUT2D eigenvalue weighted by atomic mass is 9.82. The summed E-state index contributed by atoms with van der Waals surface area (Å²) in [4.78, 5) is 7.71. The maximum Gasteiger partial charge on any atom is 0.174 e. The predicted molar refractivity (Wildman–Crippen MR) is 160 cm³/mol. The molecule has 3 heterocycles. The number of hydrogen-bond donors (Lipinski definition) is 0. The Morgan fingerprint density at radius 1 is 0.875 bits per heavy atom. The van der Waals surface area contributed by atoms with E-state index in [9.17, 15) is 0 Å². The molecule has 0 bridgehead atoms. The van der Waals surface area contributed by atoms with Gasteiger partial charge in [-0.15, -0.1) is 0 Å². The van der Waals surface area contributed by atoms with Crippen molar-refractivity contribution in [1.29, 1.82) is 0 Å². The highest BCUT2D eigenvalue weighted by molar-refractivity contribution is 8.16. The summed E-state index contributed by atoms with van der Waals surface area (Å²) in [7, 11) is 3.40. The minimum absolute atomic E-state index is 0.0300. The van der Waals surface area contributed by atoms with Crippen LogP contribution in [0.2, 0.25) is 0 Å². The Kier molecular flexibility index (Phi) is 6.52. The lowest BCUT2D eigenvalue weighted by molar-refractivity contribution is 0.171. The molecule has 0 radical (unpaired) electrons. The molecule has 0 spiro atoms.